The number of nitrogens with zero attached hydrogens (tertiary/aromatic N) is 1. The summed E-state index contributed by atoms with van der Waals surface area (Å²) in [4.78, 5) is 12.6. The number of hydrogen-bond acceptors (Lipinski definition) is 3. The van der Waals surface area contributed by atoms with E-state index in [4.69, 9.17) is 9.84 Å². The Morgan fingerprint density at radius 2 is 2.28 bits per heavy atom. The number of anilines is 1. The maximum absolute atomic E-state index is 10.4. The van der Waals surface area contributed by atoms with Gasteiger partial charge >= 0.3 is 5.97 Å². The number of unbranched alkanes of at least 4 members (excludes halogenated alkanes) is 1. The Labute approximate surface area is 107 Å². The van der Waals surface area contributed by atoms with Crippen LogP contribution in [0.2, 0.25) is 0 Å². The van der Waals surface area contributed by atoms with Gasteiger partial charge in [0.15, 0.2) is 0 Å². The molecule has 0 aromatic heterocycles. The standard InChI is InChI=1S/C14H19NO3/c1-15(8-3-2-4-14(16)17)12-5-6-13-11(10-12)7-9-18-13/h5-6,10H,2-4,7-9H2,1H3,(H,16,17). The molecule has 0 atom stereocenters. The maximum atomic E-state index is 10.4. The van der Waals surface area contributed by atoms with Crippen molar-refractivity contribution in [3.63, 3.8) is 0 Å². The van der Waals surface area contributed by atoms with Gasteiger partial charge in [0.05, 0.1) is 6.61 Å². The molecule has 0 aliphatic carbocycles. The first-order chi connectivity index (χ1) is 8.66. The van der Waals surface area contributed by atoms with Gasteiger partial charge in [-0.25, -0.2) is 0 Å². The molecule has 1 N–H and O–H groups in total. The lowest BCUT2D eigenvalue weighted by molar-refractivity contribution is -0.137. The highest BCUT2D eigenvalue weighted by atomic mass is 16.5. The Morgan fingerprint density at radius 3 is 3.06 bits per heavy atom. The molecule has 0 saturated carbocycles. The molecule has 0 amide bonds. The van der Waals surface area contributed by atoms with Crippen LogP contribution in [0.3, 0.4) is 0 Å². The summed E-state index contributed by atoms with van der Waals surface area (Å²) in [5, 5.41) is 8.57. The fraction of sp³-hybridized carbons (Fsp3) is 0.500. The second kappa shape index (κ2) is 5.76. The number of ether oxygens (including phenoxy) is 1. The molecule has 0 bridgehead atoms. The monoisotopic (exact) mass is 249 g/mol. The number of benzene rings is 1. The third kappa shape index (κ3) is 3.15. The predicted octanol–water partition coefficient (Wildman–Crippen LogP) is 2.31. The van der Waals surface area contributed by atoms with E-state index in [9.17, 15) is 4.79 Å². The van der Waals surface area contributed by atoms with Gasteiger partial charge in [-0.05, 0) is 36.6 Å². The van der Waals surface area contributed by atoms with Crippen LogP contribution < -0.4 is 9.64 Å². The quantitative estimate of drug-likeness (QED) is 0.786. The minimum atomic E-state index is -0.715. The van der Waals surface area contributed by atoms with E-state index >= 15 is 0 Å². The molecule has 98 valence electrons. The van der Waals surface area contributed by atoms with E-state index in [2.05, 4.69) is 17.0 Å². The minimum absolute atomic E-state index is 0.256. The average Bonchev–Trinajstić information content (AvgIpc) is 2.81. The van der Waals surface area contributed by atoms with Crippen LogP contribution in [-0.2, 0) is 11.2 Å². The van der Waals surface area contributed by atoms with Crippen LogP contribution in [0, 0.1) is 0 Å². The summed E-state index contributed by atoms with van der Waals surface area (Å²) in [5.74, 6) is 0.283. The molecule has 0 spiro atoms. The van der Waals surface area contributed by atoms with Crippen LogP contribution in [0.25, 0.3) is 0 Å². The molecule has 2 rings (SSSR count). The molecule has 1 aliphatic rings. The third-order valence-corrected chi connectivity index (χ3v) is 3.25. The van der Waals surface area contributed by atoms with E-state index in [1.807, 2.05) is 13.1 Å². The highest BCUT2D eigenvalue weighted by Crippen LogP contribution is 2.29. The SMILES string of the molecule is CN(CCCCC(=O)O)c1ccc2c(c1)CCO2. The Kier molecular flexibility index (Phi) is 4.07. The van der Waals surface area contributed by atoms with Crippen LogP contribution in [0.15, 0.2) is 18.2 Å². The fourth-order valence-corrected chi connectivity index (χ4v) is 2.16. The predicted molar refractivity (Wildman–Crippen MR) is 70.4 cm³/mol. The molecule has 4 heteroatoms. The molecule has 1 aromatic rings. The summed E-state index contributed by atoms with van der Waals surface area (Å²) in [6.07, 6.45) is 2.87. The smallest absolute Gasteiger partial charge is 0.303 e. The van der Waals surface area contributed by atoms with Crippen LogP contribution in [-0.4, -0.2) is 31.3 Å². The zero-order valence-corrected chi connectivity index (χ0v) is 10.7. The highest BCUT2D eigenvalue weighted by molar-refractivity contribution is 5.66. The van der Waals surface area contributed by atoms with Gasteiger partial charge in [-0.15, -0.1) is 0 Å². The molecular weight excluding hydrogens is 230 g/mol. The van der Waals surface area contributed by atoms with Crippen molar-refractivity contribution < 1.29 is 14.6 Å². The van der Waals surface area contributed by atoms with Gasteiger partial charge in [-0.3, -0.25) is 4.79 Å². The van der Waals surface area contributed by atoms with E-state index in [-0.39, 0.29) is 6.42 Å². The molecule has 1 heterocycles. The zero-order valence-electron chi connectivity index (χ0n) is 10.7. The molecule has 0 unspecified atom stereocenters. The molecule has 0 saturated heterocycles. The zero-order chi connectivity index (χ0) is 13.0. The molecule has 18 heavy (non-hydrogen) atoms. The van der Waals surface area contributed by atoms with Crippen LogP contribution in [0.1, 0.15) is 24.8 Å². The van der Waals surface area contributed by atoms with Crippen molar-refractivity contribution in [2.24, 2.45) is 0 Å². The van der Waals surface area contributed by atoms with Crippen molar-refractivity contribution in [3.05, 3.63) is 23.8 Å². The highest BCUT2D eigenvalue weighted by Gasteiger charge is 2.13. The summed E-state index contributed by atoms with van der Waals surface area (Å²) >= 11 is 0. The van der Waals surface area contributed by atoms with Gasteiger partial charge in [-0.1, -0.05) is 0 Å². The third-order valence-electron chi connectivity index (χ3n) is 3.25. The topological polar surface area (TPSA) is 49.8 Å². The van der Waals surface area contributed by atoms with Crippen molar-refractivity contribution in [2.45, 2.75) is 25.7 Å². The number of carboxylic acid groups (broad SMARTS) is 1. The number of carbonyl (C=O) groups is 1. The lowest BCUT2D eigenvalue weighted by atomic mass is 10.1. The Hall–Kier alpha value is -1.71. The van der Waals surface area contributed by atoms with E-state index in [0.29, 0.717) is 0 Å². The molecule has 0 fully saturated rings. The van der Waals surface area contributed by atoms with Crippen LogP contribution in [0.4, 0.5) is 5.69 Å². The van der Waals surface area contributed by atoms with Gasteiger partial charge in [0, 0.05) is 32.1 Å². The van der Waals surface area contributed by atoms with Gasteiger partial charge in [0.25, 0.3) is 0 Å². The first-order valence-electron chi connectivity index (χ1n) is 6.35. The number of aliphatic carboxylic acids is 1. The van der Waals surface area contributed by atoms with Gasteiger partial charge in [0.2, 0.25) is 0 Å². The summed E-state index contributed by atoms with van der Waals surface area (Å²) in [7, 11) is 2.04. The lowest BCUT2D eigenvalue weighted by Gasteiger charge is -2.19. The first-order valence-corrected chi connectivity index (χ1v) is 6.35. The lowest BCUT2D eigenvalue weighted by Crippen LogP contribution is -2.18. The van der Waals surface area contributed by atoms with Crippen molar-refractivity contribution in [1.29, 1.82) is 0 Å². The van der Waals surface area contributed by atoms with Crippen LogP contribution in [0.5, 0.6) is 5.75 Å². The van der Waals surface area contributed by atoms with Gasteiger partial charge < -0.3 is 14.7 Å². The Bertz CT molecular complexity index is 431. The summed E-state index contributed by atoms with van der Waals surface area (Å²) in [6, 6.07) is 6.24. The van der Waals surface area contributed by atoms with Crippen molar-refractivity contribution in [2.75, 3.05) is 25.1 Å². The molecule has 1 aliphatic heterocycles. The molecular formula is C14H19NO3. The fourth-order valence-electron chi connectivity index (χ4n) is 2.16. The summed E-state index contributed by atoms with van der Waals surface area (Å²) < 4.78 is 5.47. The van der Waals surface area contributed by atoms with Crippen molar-refractivity contribution >= 4 is 11.7 Å². The normalized spacial score (nSPS) is 12.9. The average molecular weight is 249 g/mol. The van der Waals surface area contributed by atoms with Crippen molar-refractivity contribution in [3.8, 4) is 5.75 Å². The minimum Gasteiger partial charge on any atom is -0.493 e. The number of fused-ring (bicyclic) bond motifs is 1. The van der Waals surface area contributed by atoms with E-state index in [0.717, 1.165) is 38.2 Å². The second-order valence-electron chi connectivity index (χ2n) is 4.66. The molecule has 1 aromatic carbocycles. The van der Waals surface area contributed by atoms with E-state index in [1.165, 1.54) is 11.3 Å². The first kappa shape index (κ1) is 12.7. The van der Waals surface area contributed by atoms with Gasteiger partial charge in [-0.2, -0.15) is 0 Å². The van der Waals surface area contributed by atoms with Crippen LogP contribution >= 0.6 is 0 Å². The Morgan fingerprint density at radius 1 is 1.44 bits per heavy atom. The second-order valence-corrected chi connectivity index (χ2v) is 4.66. The Balaban J connectivity index is 1.85. The van der Waals surface area contributed by atoms with E-state index < -0.39 is 5.97 Å². The van der Waals surface area contributed by atoms with E-state index in [1.54, 1.807) is 0 Å². The number of rotatable bonds is 6. The maximum Gasteiger partial charge on any atom is 0.303 e. The summed E-state index contributed by atoms with van der Waals surface area (Å²) in [5.41, 5.74) is 2.44. The largest absolute Gasteiger partial charge is 0.493 e. The summed E-state index contributed by atoms with van der Waals surface area (Å²) in [6.45, 7) is 1.66. The number of hydrogen-bond donors (Lipinski definition) is 1. The molecule has 0 radical (unpaired) electrons. The number of carboxylic acids is 1. The molecule has 4 nitrogen and oxygen atoms in total. The van der Waals surface area contributed by atoms with Crippen molar-refractivity contribution in [1.82, 2.24) is 0 Å². The van der Waals surface area contributed by atoms with Gasteiger partial charge in [0.1, 0.15) is 5.75 Å².